The normalized spacial score (nSPS) is 19.0. The Morgan fingerprint density at radius 3 is 1.85 bits per heavy atom. The van der Waals surface area contributed by atoms with E-state index < -0.39 is 0 Å². The monoisotopic (exact) mass is 476 g/mol. The minimum Gasteiger partial charge on any atom is -0.307 e. The van der Waals surface area contributed by atoms with Crippen molar-refractivity contribution >= 4 is 11.7 Å². The van der Waals surface area contributed by atoms with Crippen LogP contribution >= 0.6 is 0 Å². The summed E-state index contributed by atoms with van der Waals surface area (Å²) in [5.41, 5.74) is 0. The van der Waals surface area contributed by atoms with Crippen molar-refractivity contribution in [1.29, 1.82) is 0 Å². The zero-order valence-corrected chi connectivity index (χ0v) is 23.4. The number of likely N-dealkylation sites (N-methyl/N-ethyl adjacent to an activating group) is 1. The SMILES string of the molecule is CCCCCC/C=C/CCCCCCCCCCCCCC1=NCC[N+]1(CC)C(C)NC(C)=O. The van der Waals surface area contributed by atoms with Crippen LogP contribution in [0.4, 0.5) is 0 Å². The number of amides is 1. The zero-order chi connectivity index (χ0) is 24.9. The second-order valence-corrected chi connectivity index (χ2v) is 10.5. The number of quaternary nitrogens is 1. The molecule has 0 aliphatic carbocycles. The highest BCUT2D eigenvalue weighted by atomic mass is 16.1. The number of unbranched alkanes of at least 4 members (excludes halogenated alkanes) is 15. The molecule has 0 aromatic carbocycles. The van der Waals surface area contributed by atoms with E-state index in [-0.39, 0.29) is 12.1 Å². The minimum atomic E-state index is 0.0605. The summed E-state index contributed by atoms with van der Waals surface area (Å²) in [7, 11) is 0. The van der Waals surface area contributed by atoms with Gasteiger partial charge >= 0.3 is 0 Å². The molecule has 0 saturated heterocycles. The summed E-state index contributed by atoms with van der Waals surface area (Å²) in [6, 6.07) is 0. The number of carbonyl (C=O) groups is 1. The van der Waals surface area contributed by atoms with Crippen molar-refractivity contribution in [2.45, 2.75) is 149 Å². The number of aliphatic imine (C=N–C) groups is 1. The molecule has 4 heteroatoms. The molecule has 0 bridgehead atoms. The third kappa shape index (κ3) is 13.1. The molecule has 1 aliphatic heterocycles. The molecule has 1 rings (SSSR count). The molecule has 0 saturated carbocycles. The predicted molar refractivity (Wildman–Crippen MR) is 149 cm³/mol. The average Bonchev–Trinajstić information content (AvgIpc) is 3.24. The first-order chi connectivity index (χ1) is 16.6. The van der Waals surface area contributed by atoms with E-state index in [1.807, 2.05) is 0 Å². The summed E-state index contributed by atoms with van der Waals surface area (Å²) >= 11 is 0. The summed E-state index contributed by atoms with van der Waals surface area (Å²) < 4.78 is 0.856. The van der Waals surface area contributed by atoms with Gasteiger partial charge in [-0.3, -0.25) is 9.28 Å². The highest BCUT2D eigenvalue weighted by Crippen LogP contribution is 2.23. The molecular weight excluding hydrogens is 418 g/mol. The molecule has 34 heavy (non-hydrogen) atoms. The molecule has 1 aliphatic rings. The second-order valence-electron chi connectivity index (χ2n) is 10.5. The fourth-order valence-corrected chi connectivity index (χ4v) is 5.44. The summed E-state index contributed by atoms with van der Waals surface area (Å²) in [6.07, 6.45) is 29.2. The van der Waals surface area contributed by atoms with Gasteiger partial charge in [0.25, 0.3) is 0 Å². The fraction of sp³-hybridized carbons (Fsp3) is 0.867. The van der Waals surface area contributed by atoms with Crippen molar-refractivity contribution < 1.29 is 9.28 Å². The number of hydrogen-bond acceptors (Lipinski definition) is 2. The van der Waals surface area contributed by atoms with Gasteiger partial charge < -0.3 is 5.32 Å². The summed E-state index contributed by atoms with van der Waals surface area (Å²) in [4.78, 5) is 16.4. The molecule has 0 aromatic heterocycles. The van der Waals surface area contributed by atoms with Crippen molar-refractivity contribution in [2.24, 2.45) is 4.99 Å². The summed E-state index contributed by atoms with van der Waals surface area (Å²) in [5.74, 6) is 1.37. The molecule has 0 aromatic rings. The third-order valence-corrected chi connectivity index (χ3v) is 7.69. The number of nitrogens with one attached hydrogen (secondary N) is 1. The zero-order valence-electron chi connectivity index (χ0n) is 23.4. The smallest absolute Gasteiger partial charge is 0.221 e. The van der Waals surface area contributed by atoms with Crippen LogP contribution < -0.4 is 5.32 Å². The van der Waals surface area contributed by atoms with Gasteiger partial charge in [-0.1, -0.05) is 96.1 Å². The van der Waals surface area contributed by atoms with Crippen LogP contribution in [0.1, 0.15) is 143 Å². The Morgan fingerprint density at radius 2 is 1.35 bits per heavy atom. The van der Waals surface area contributed by atoms with Crippen LogP contribution in [0.3, 0.4) is 0 Å². The van der Waals surface area contributed by atoms with Gasteiger partial charge in [-0.15, -0.1) is 0 Å². The molecule has 0 radical (unpaired) electrons. The van der Waals surface area contributed by atoms with Crippen LogP contribution in [0.25, 0.3) is 0 Å². The Bertz CT molecular complexity index is 571. The number of hydrogen-bond donors (Lipinski definition) is 1. The van der Waals surface area contributed by atoms with Gasteiger partial charge in [0.1, 0.15) is 6.54 Å². The van der Waals surface area contributed by atoms with Gasteiger partial charge in [0, 0.05) is 20.3 Å². The van der Waals surface area contributed by atoms with Gasteiger partial charge in [-0.2, -0.15) is 0 Å². The van der Waals surface area contributed by atoms with E-state index in [9.17, 15) is 4.79 Å². The maximum Gasteiger partial charge on any atom is 0.221 e. The Labute approximate surface area is 212 Å². The van der Waals surface area contributed by atoms with E-state index in [0.29, 0.717) is 0 Å². The maximum atomic E-state index is 11.6. The molecule has 1 amide bonds. The van der Waals surface area contributed by atoms with Gasteiger partial charge in [0.15, 0.2) is 12.0 Å². The lowest BCUT2D eigenvalue weighted by Crippen LogP contribution is -2.62. The van der Waals surface area contributed by atoms with Gasteiger partial charge in [-0.05, 0) is 39.0 Å². The molecule has 1 N–H and O–H groups in total. The molecule has 2 atom stereocenters. The van der Waals surface area contributed by atoms with Crippen molar-refractivity contribution in [3.8, 4) is 0 Å². The van der Waals surface area contributed by atoms with E-state index in [4.69, 9.17) is 4.99 Å². The number of allylic oxidation sites excluding steroid dienone is 2. The highest BCUT2D eigenvalue weighted by Gasteiger charge is 2.41. The maximum absolute atomic E-state index is 11.6. The Hall–Kier alpha value is -1.16. The predicted octanol–water partition coefficient (Wildman–Crippen LogP) is 8.32. The third-order valence-electron chi connectivity index (χ3n) is 7.69. The van der Waals surface area contributed by atoms with Gasteiger partial charge in [0.05, 0.1) is 13.1 Å². The van der Waals surface area contributed by atoms with Crippen LogP contribution in [0, 0.1) is 0 Å². The van der Waals surface area contributed by atoms with Crippen LogP contribution in [0.2, 0.25) is 0 Å². The van der Waals surface area contributed by atoms with E-state index in [0.717, 1.165) is 30.5 Å². The first kappa shape index (κ1) is 30.9. The van der Waals surface area contributed by atoms with Crippen molar-refractivity contribution in [3.05, 3.63) is 12.2 Å². The van der Waals surface area contributed by atoms with Crippen molar-refractivity contribution in [3.63, 3.8) is 0 Å². The summed E-state index contributed by atoms with van der Waals surface area (Å²) in [5, 5.41) is 3.12. The minimum absolute atomic E-state index is 0.0605. The quantitative estimate of drug-likeness (QED) is 0.0952. The van der Waals surface area contributed by atoms with Crippen LogP contribution in [0.15, 0.2) is 17.1 Å². The number of nitrogens with zero attached hydrogens (tertiary/aromatic N) is 2. The lowest BCUT2D eigenvalue weighted by atomic mass is 10.0. The lowest BCUT2D eigenvalue weighted by molar-refractivity contribution is -0.861. The van der Waals surface area contributed by atoms with Crippen LogP contribution in [0.5, 0.6) is 0 Å². The van der Waals surface area contributed by atoms with Gasteiger partial charge in [-0.25, -0.2) is 4.99 Å². The number of rotatable bonds is 22. The molecule has 0 fully saturated rings. The van der Waals surface area contributed by atoms with E-state index in [2.05, 4.69) is 38.2 Å². The largest absolute Gasteiger partial charge is 0.307 e. The summed E-state index contributed by atoms with van der Waals surface area (Å²) in [6.45, 7) is 11.2. The first-order valence-electron chi connectivity index (χ1n) is 14.9. The second kappa shape index (κ2) is 20.1. The molecule has 4 nitrogen and oxygen atoms in total. The fourth-order valence-electron chi connectivity index (χ4n) is 5.44. The lowest BCUT2D eigenvalue weighted by Gasteiger charge is -2.39. The highest BCUT2D eigenvalue weighted by molar-refractivity contribution is 5.78. The molecule has 2 unspecified atom stereocenters. The standard InChI is InChI=1S/C30H57N3O/c1-5-7-8-9-10-11-12-13-14-15-16-17-18-19-20-21-22-23-24-25-30-31-26-27-33(30,6-2)28(3)32-29(4)34/h11-12,28H,5-10,13-27H2,1-4H3/p+1/b12-11+. The average molecular weight is 477 g/mol. The van der Waals surface area contributed by atoms with E-state index >= 15 is 0 Å². The molecule has 1 heterocycles. The Balaban J connectivity index is 1.95. The molecule has 198 valence electrons. The van der Waals surface area contributed by atoms with Gasteiger partial charge in [0.2, 0.25) is 5.91 Å². The Morgan fingerprint density at radius 1 is 0.853 bits per heavy atom. The van der Waals surface area contributed by atoms with E-state index in [1.165, 1.54) is 115 Å². The first-order valence-corrected chi connectivity index (χ1v) is 14.9. The van der Waals surface area contributed by atoms with E-state index in [1.54, 1.807) is 6.92 Å². The number of amidine groups is 1. The van der Waals surface area contributed by atoms with Crippen LogP contribution in [-0.4, -0.2) is 42.0 Å². The molecule has 0 spiro atoms. The van der Waals surface area contributed by atoms with Crippen LogP contribution in [-0.2, 0) is 4.79 Å². The topological polar surface area (TPSA) is 41.5 Å². The Kier molecular flexibility index (Phi) is 18.2. The number of carbonyl (C=O) groups excluding carboxylic acids is 1. The van der Waals surface area contributed by atoms with Crippen molar-refractivity contribution in [2.75, 3.05) is 19.6 Å². The van der Waals surface area contributed by atoms with Crippen molar-refractivity contribution in [1.82, 2.24) is 5.32 Å². The molecular formula is C30H58N3O+.